The van der Waals surface area contributed by atoms with Crippen molar-refractivity contribution >= 4 is 5.97 Å². The predicted molar refractivity (Wildman–Crippen MR) is 91.3 cm³/mol. The molecule has 0 amide bonds. The number of ether oxygens (including phenoxy) is 1. The summed E-state index contributed by atoms with van der Waals surface area (Å²) in [6, 6.07) is 0. The Kier molecular flexibility index (Phi) is 4.32. The van der Waals surface area contributed by atoms with Crippen molar-refractivity contribution < 1.29 is 14.6 Å². The number of hydrogen-bond acceptors (Lipinski definition) is 2. The van der Waals surface area contributed by atoms with Gasteiger partial charge in [0, 0.05) is 6.61 Å². The van der Waals surface area contributed by atoms with Crippen molar-refractivity contribution in [2.45, 2.75) is 84.7 Å². The van der Waals surface area contributed by atoms with Gasteiger partial charge in [-0.3, -0.25) is 4.79 Å². The molecule has 0 aromatic heterocycles. The first-order valence-corrected chi connectivity index (χ1v) is 9.56. The fourth-order valence-electron chi connectivity index (χ4n) is 6.61. The number of hydrogen-bond donors (Lipinski definition) is 1. The molecule has 0 radical (unpaired) electrons. The third-order valence-corrected chi connectivity index (χ3v) is 7.79. The highest BCUT2D eigenvalue weighted by molar-refractivity contribution is 5.69. The van der Waals surface area contributed by atoms with Gasteiger partial charge in [-0.15, -0.1) is 0 Å². The molecule has 132 valence electrons. The molecule has 0 unspecified atom stereocenters. The van der Waals surface area contributed by atoms with E-state index in [-0.39, 0.29) is 11.5 Å². The number of aliphatic carboxylic acids is 1. The normalized spacial score (nSPS) is 46.9. The lowest BCUT2D eigenvalue weighted by Crippen LogP contribution is -2.59. The lowest BCUT2D eigenvalue weighted by molar-refractivity contribution is -0.202. The number of carboxylic acids is 1. The van der Waals surface area contributed by atoms with Crippen LogP contribution < -0.4 is 0 Å². The molecule has 3 nitrogen and oxygen atoms in total. The number of fused-ring (bicyclic) bond motifs is 3. The quantitative estimate of drug-likeness (QED) is 0.747. The van der Waals surface area contributed by atoms with Crippen molar-refractivity contribution in [3.05, 3.63) is 0 Å². The fourth-order valence-corrected chi connectivity index (χ4v) is 6.61. The van der Waals surface area contributed by atoms with Crippen LogP contribution in [0.15, 0.2) is 0 Å². The maximum Gasteiger partial charge on any atom is 0.306 e. The zero-order chi connectivity index (χ0) is 16.9. The smallest absolute Gasteiger partial charge is 0.306 e. The lowest BCUT2D eigenvalue weighted by Gasteiger charge is -2.62. The number of carboxylic acid groups (broad SMARTS) is 1. The Morgan fingerprint density at radius 2 is 1.70 bits per heavy atom. The van der Waals surface area contributed by atoms with E-state index < -0.39 is 5.97 Å². The molecule has 3 heteroatoms. The summed E-state index contributed by atoms with van der Waals surface area (Å²) in [7, 11) is 0. The average molecular weight is 322 g/mol. The molecule has 1 heterocycles. The zero-order valence-corrected chi connectivity index (χ0v) is 15.4. The highest BCUT2D eigenvalue weighted by Gasteiger charge is 2.58. The first kappa shape index (κ1) is 17.3. The monoisotopic (exact) mass is 322 g/mol. The Morgan fingerprint density at radius 3 is 2.39 bits per heavy atom. The van der Waals surface area contributed by atoms with Crippen LogP contribution in [-0.4, -0.2) is 23.3 Å². The van der Waals surface area contributed by atoms with E-state index in [0.29, 0.717) is 29.8 Å². The Bertz CT molecular complexity index is 472. The van der Waals surface area contributed by atoms with Crippen molar-refractivity contribution in [2.75, 3.05) is 6.61 Å². The molecule has 23 heavy (non-hydrogen) atoms. The summed E-state index contributed by atoms with van der Waals surface area (Å²) < 4.78 is 6.37. The van der Waals surface area contributed by atoms with Crippen LogP contribution in [-0.2, 0) is 9.53 Å². The number of carbonyl (C=O) groups is 1. The van der Waals surface area contributed by atoms with E-state index in [9.17, 15) is 9.90 Å². The molecule has 1 N–H and O–H groups in total. The number of rotatable bonds is 1. The summed E-state index contributed by atoms with van der Waals surface area (Å²) in [6.45, 7) is 10.3. The van der Waals surface area contributed by atoms with Gasteiger partial charge < -0.3 is 9.84 Å². The van der Waals surface area contributed by atoms with Crippen molar-refractivity contribution in [2.24, 2.45) is 28.6 Å². The van der Waals surface area contributed by atoms with E-state index in [2.05, 4.69) is 27.7 Å². The molecule has 3 fully saturated rings. The van der Waals surface area contributed by atoms with E-state index in [1.54, 1.807) is 0 Å². The van der Waals surface area contributed by atoms with Gasteiger partial charge >= 0.3 is 5.97 Å². The molecule has 3 aliphatic rings. The van der Waals surface area contributed by atoms with Crippen LogP contribution in [0.5, 0.6) is 0 Å². The highest BCUT2D eigenvalue weighted by atomic mass is 16.5. The summed E-state index contributed by atoms with van der Waals surface area (Å²) in [5.74, 6) is 0.377. The average Bonchev–Trinajstić information content (AvgIpc) is 2.40. The van der Waals surface area contributed by atoms with E-state index >= 15 is 0 Å². The molecule has 2 saturated carbocycles. The summed E-state index contributed by atoms with van der Waals surface area (Å²) >= 11 is 0. The van der Waals surface area contributed by atoms with Gasteiger partial charge in [0.05, 0.1) is 11.5 Å². The minimum Gasteiger partial charge on any atom is -0.481 e. The van der Waals surface area contributed by atoms with Crippen LogP contribution in [0.25, 0.3) is 0 Å². The molecule has 1 aliphatic heterocycles. The second kappa shape index (κ2) is 5.75. The minimum atomic E-state index is -0.640. The molecule has 1 saturated heterocycles. The Morgan fingerprint density at radius 1 is 0.957 bits per heavy atom. The van der Waals surface area contributed by atoms with E-state index in [1.165, 1.54) is 25.7 Å². The van der Waals surface area contributed by atoms with Gasteiger partial charge in [-0.05, 0) is 74.5 Å². The molecule has 2 aliphatic carbocycles. The predicted octanol–water partition coefficient (Wildman–Crippen LogP) is 4.89. The Labute approximate surface area is 141 Å². The SMILES string of the molecule is CC1(C)CCC[C@]2(C)[C@H]3CC[C@@H](C(=O)O)CCO[C@]3(C)CC[C@@H]12. The summed E-state index contributed by atoms with van der Waals surface area (Å²) in [6.07, 6.45) is 8.81. The van der Waals surface area contributed by atoms with Crippen molar-refractivity contribution in [3.8, 4) is 0 Å². The highest BCUT2D eigenvalue weighted by Crippen LogP contribution is 2.64. The fraction of sp³-hybridized carbons (Fsp3) is 0.950. The molecule has 3 rings (SSSR count). The van der Waals surface area contributed by atoms with Crippen LogP contribution in [0.4, 0.5) is 0 Å². The van der Waals surface area contributed by atoms with Crippen LogP contribution in [0.2, 0.25) is 0 Å². The van der Waals surface area contributed by atoms with Crippen LogP contribution in [0, 0.1) is 28.6 Å². The van der Waals surface area contributed by atoms with Crippen LogP contribution >= 0.6 is 0 Å². The molecule has 5 atom stereocenters. The molecule has 0 bridgehead atoms. The lowest BCUT2D eigenvalue weighted by atomic mass is 9.45. The van der Waals surface area contributed by atoms with Crippen molar-refractivity contribution in [1.29, 1.82) is 0 Å². The van der Waals surface area contributed by atoms with Gasteiger partial charge in [0.25, 0.3) is 0 Å². The summed E-state index contributed by atoms with van der Waals surface area (Å²) in [5.41, 5.74) is 0.653. The van der Waals surface area contributed by atoms with E-state index in [0.717, 1.165) is 25.2 Å². The first-order valence-electron chi connectivity index (χ1n) is 9.56. The molecule has 0 aromatic rings. The minimum absolute atomic E-state index is 0.0534. The summed E-state index contributed by atoms with van der Waals surface area (Å²) in [5, 5.41) is 9.44. The Hall–Kier alpha value is -0.570. The maximum absolute atomic E-state index is 11.5. The van der Waals surface area contributed by atoms with Crippen LogP contribution in [0.3, 0.4) is 0 Å². The van der Waals surface area contributed by atoms with Gasteiger partial charge in [-0.25, -0.2) is 0 Å². The van der Waals surface area contributed by atoms with E-state index in [1.807, 2.05) is 0 Å². The zero-order valence-electron chi connectivity index (χ0n) is 15.4. The first-order chi connectivity index (χ1) is 10.7. The molecule has 0 aromatic carbocycles. The third kappa shape index (κ3) is 2.83. The topological polar surface area (TPSA) is 46.5 Å². The van der Waals surface area contributed by atoms with Crippen molar-refractivity contribution in [3.63, 3.8) is 0 Å². The van der Waals surface area contributed by atoms with Gasteiger partial charge in [0.1, 0.15) is 0 Å². The largest absolute Gasteiger partial charge is 0.481 e. The Balaban J connectivity index is 1.90. The van der Waals surface area contributed by atoms with Gasteiger partial charge in [0.2, 0.25) is 0 Å². The molecular formula is C20H34O3. The second-order valence-corrected chi connectivity index (χ2v) is 9.55. The van der Waals surface area contributed by atoms with Gasteiger partial charge in [-0.2, -0.15) is 0 Å². The third-order valence-electron chi connectivity index (χ3n) is 7.79. The van der Waals surface area contributed by atoms with Gasteiger partial charge in [0.15, 0.2) is 0 Å². The standard InChI is InChI=1S/C20H34O3/c1-18(2)10-5-11-19(3)15(18)8-12-20(4)16(19)7-6-14(17(21)22)9-13-23-20/h14-16H,5-13H2,1-4H3,(H,21,22)/t14-,15+,16-,19+,20-/m1/s1. The van der Waals surface area contributed by atoms with Crippen molar-refractivity contribution in [1.82, 2.24) is 0 Å². The van der Waals surface area contributed by atoms with Crippen LogP contribution in [0.1, 0.15) is 79.1 Å². The van der Waals surface area contributed by atoms with Gasteiger partial charge in [-0.1, -0.05) is 27.2 Å². The molecular weight excluding hydrogens is 288 g/mol. The summed E-state index contributed by atoms with van der Waals surface area (Å²) in [4.78, 5) is 11.5. The maximum atomic E-state index is 11.5. The molecule has 0 spiro atoms. The van der Waals surface area contributed by atoms with E-state index in [4.69, 9.17) is 4.74 Å². The second-order valence-electron chi connectivity index (χ2n) is 9.55.